The SMILES string of the molecule is Cc1cc2c(cc1C)N(c1ccc(C(C)C)nc1)C(=C1N(c3ccc(C(C)C)nc3)c3cc(C)c(C)cc3N1c1ccc(C(C)C)nc1)N2c1ccc(C(C)C)nc1. The van der Waals surface area contributed by atoms with Crippen LogP contribution in [-0.4, -0.2) is 19.9 Å². The van der Waals surface area contributed by atoms with E-state index in [4.69, 9.17) is 19.9 Å². The van der Waals surface area contributed by atoms with Crippen LogP contribution in [0.4, 0.5) is 45.5 Å². The number of hydrogen-bond acceptors (Lipinski definition) is 8. The lowest BCUT2D eigenvalue weighted by Crippen LogP contribution is -2.33. The Kier molecular flexibility index (Phi) is 10.1. The molecule has 2 aliphatic heterocycles. The molecule has 8 nitrogen and oxygen atoms in total. The third-order valence-corrected chi connectivity index (χ3v) is 11.7. The molecule has 6 heterocycles. The average Bonchev–Trinajstić information content (AvgIpc) is 3.69. The van der Waals surface area contributed by atoms with Gasteiger partial charge in [0.15, 0.2) is 11.6 Å². The van der Waals surface area contributed by atoms with Crippen molar-refractivity contribution in [2.75, 3.05) is 19.6 Å². The van der Waals surface area contributed by atoms with Gasteiger partial charge in [-0.3, -0.25) is 39.5 Å². The van der Waals surface area contributed by atoms with E-state index in [-0.39, 0.29) is 0 Å². The predicted octanol–water partition coefficient (Wildman–Crippen LogP) is 13.4. The summed E-state index contributed by atoms with van der Waals surface area (Å²) in [4.78, 5) is 29.8. The van der Waals surface area contributed by atoms with Crippen molar-refractivity contribution in [3.8, 4) is 0 Å². The predicted molar refractivity (Wildman–Crippen MR) is 241 cm³/mol. The molecule has 8 rings (SSSR count). The number of fused-ring (bicyclic) bond motifs is 2. The third kappa shape index (κ3) is 6.68. The molecule has 4 aromatic heterocycles. The van der Waals surface area contributed by atoms with Crippen molar-refractivity contribution in [3.63, 3.8) is 0 Å². The molecule has 296 valence electrons. The quantitative estimate of drug-likeness (QED) is 0.152. The van der Waals surface area contributed by atoms with Crippen molar-refractivity contribution in [2.45, 2.75) is 107 Å². The van der Waals surface area contributed by atoms with Gasteiger partial charge in [-0.2, -0.15) is 0 Å². The van der Waals surface area contributed by atoms with E-state index in [2.05, 4.69) is 175 Å². The first-order chi connectivity index (χ1) is 27.7. The maximum atomic E-state index is 5.05. The molecule has 6 aromatic rings. The fraction of sp³-hybridized carbons (Fsp3) is 0.320. The zero-order valence-electron chi connectivity index (χ0n) is 36.1. The summed E-state index contributed by atoms with van der Waals surface area (Å²) < 4.78 is 0. The summed E-state index contributed by atoms with van der Waals surface area (Å²) in [6.45, 7) is 26.3. The van der Waals surface area contributed by atoms with Crippen LogP contribution in [0.5, 0.6) is 0 Å². The number of benzene rings is 2. The van der Waals surface area contributed by atoms with E-state index in [0.29, 0.717) is 23.7 Å². The van der Waals surface area contributed by atoms with Gasteiger partial charge in [0.05, 0.1) is 70.3 Å². The maximum absolute atomic E-state index is 5.05. The molecule has 0 atom stereocenters. The largest absolute Gasteiger partial charge is 0.289 e. The number of pyridine rings is 4. The molecule has 58 heavy (non-hydrogen) atoms. The topological polar surface area (TPSA) is 64.5 Å². The van der Waals surface area contributed by atoms with Crippen LogP contribution in [0.3, 0.4) is 0 Å². The second-order valence-electron chi connectivity index (χ2n) is 17.2. The highest BCUT2D eigenvalue weighted by Crippen LogP contribution is 2.57. The first kappa shape index (κ1) is 38.8. The summed E-state index contributed by atoms with van der Waals surface area (Å²) in [6, 6.07) is 26.8. The molecule has 0 saturated carbocycles. The van der Waals surface area contributed by atoms with Crippen molar-refractivity contribution in [2.24, 2.45) is 0 Å². The Hall–Kier alpha value is -6.02. The zero-order chi connectivity index (χ0) is 41.2. The molecule has 0 saturated heterocycles. The number of anilines is 8. The minimum atomic E-state index is 0.300. The molecule has 0 amide bonds. The fourth-order valence-corrected chi connectivity index (χ4v) is 7.87. The van der Waals surface area contributed by atoms with Gasteiger partial charge in [0.1, 0.15) is 0 Å². The van der Waals surface area contributed by atoms with Gasteiger partial charge >= 0.3 is 0 Å². The van der Waals surface area contributed by atoms with E-state index in [1.807, 2.05) is 24.8 Å². The smallest absolute Gasteiger partial charge is 0.166 e. The van der Waals surface area contributed by atoms with Crippen LogP contribution >= 0.6 is 0 Å². The molecule has 0 N–H and O–H groups in total. The summed E-state index contributed by atoms with van der Waals surface area (Å²) in [5.41, 5.74) is 17.2. The normalized spacial score (nSPS) is 13.9. The van der Waals surface area contributed by atoms with Gasteiger partial charge in [0.2, 0.25) is 0 Å². The lowest BCUT2D eigenvalue weighted by atomic mass is 10.1. The lowest BCUT2D eigenvalue weighted by molar-refractivity contribution is 0.820. The van der Waals surface area contributed by atoms with Crippen LogP contribution in [0, 0.1) is 27.7 Å². The summed E-state index contributed by atoms with van der Waals surface area (Å²) in [5, 5.41) is 0. The minimum absolute atomic E-state index is 0.300. The second kappa shape index (κ2) is 15.1. The number of hydrogen-bond donors (Lipinski definition) is 0. The van der Waals surface area contributed by atoms with Gasteiger partial charge in [0.25, 0.3) is 0 Å². The molecule has 0 unspecified atom stereocenters. The van der Waals surface area contributed by atoms with E-state index in [9.17, 15) is 0 Å². The van der Waals surface area contributed by atoms with Crippen LogP contribution in [0.15, 0.2) is 109 Å². The van der Waals surface area contributed by atoms with Crippen molar-refractivity contribution in [1.29, 1.82) is 0 Å². The van der Waals surface area contributed by atoms with Gasteiger partial charge < -0.3 is 0 Å². The fourth-order valence-electron chi connectivity index (χ4n) is 7.87. The highest BCUT2D eigenvalue weighted by atomic mass is 15.5. The Balaban J connectivity index is 1.53. The number of rotatable bonds is 8. The first-order valence-corrected chi connectivity index (χ1v) is 20.7. The molecular formula is C50H56N8. The number of aryl methyl sites for hydroxylation is 4. The van der Waals surface area contributed by atoms with Gasteiger partial charge in [-0.15, -0.1) is 0 Å². The van der Waals surface area contributed by atoms with Crippen molar-refractivity contribution in [1.82, 2.24) is 19.9 Å². The average molecular weight is 769 g/mol. The van der Waals surface area contributed by atoms with Crippen LogP contribution in [0.1, 0.15) is 124 Å². The Labute approximate surface area is 345 Å². The van der Waals surface area contributed by atoms with Crippen LogP contribution < -0.4 is 19.6 Å². The van der Waals surface area contributed by atoms with E-state index in [0.717, 1.165) is 79.9 Å². The number of nitrogens with zero attached hydrogens (tertiary/aromatic N) is 8. The van der Waals surface area contributed by atoms with Crippen LogP contribution in [-0.2, 0) is 0 Å². The van der Waals surface area contributed by atoms with E-state index in [1.165, 1.54) is 22.3 Å². The summed E-state index contributed by atoms with van der Waals surface area (Å²) in [5.74, 6) is 3.10. The third-order valence-electron chi connectivity index (χ3n) is 11.7. The Morgan fingerprint density at radius 3 is 0.690 bits per heavy atom. The van der Waals surface area contributed by atoms with Crippen molar-refractivity contribution in [3.05, 3.63) is 154 Å². The van der Waals surface area contributed by atoms with Crippen molar-refractivity contribution < 1.29 is 0 Å². The van der Waals surface area contributed by atoms with Crippen LogP contribution in [0.2, 0.25) is 0 Å². The van der Waals surface area contributed by atoms with Gasteiger partial charge in [-0.25, -0.2) is 0 Å². The van der Waals surface area contributed by atoms with Gasteiger partial charge in [-0.05, 0) is 146 Å². The molecule has 2 aromatic carbocycles. The van der Waals surface area contributed by atoms with E-state index < -0.39 is 0 Å². The minimum Gasteiger partial charge on any atom is -0.289 e. The molecular weight excluding hydrogens is 713 g/mol. The molecule has 0 fully saturated rings. The maximum Gasteiger partial charge on any atom is 0.166 e. The summed E-state index contributed by atoms with van der Waals surface area (Å²) in [7, 11) is 0. The second-order valence-corrected chi connectivity index (χ2v) is 17.2. The highest BCUT2D eigenvalue weighted by molar-refractivity contribution is 6.00. The van der Waals surface area contributed by atoms with Gasteiger partial charge in [0, 0.05) is 22.8 Å². The van der Waals surface area contributed by atoms with E-state index in [1.54, 1.807) is 0 Å². The summed E-state index contributed by atoms with van der Waals surface area (Å²) >= 11 is 0. The molecule has 8 heteroatoms. The summed E-state index contributed by atoms with van der Waals surface area (Å²) in [6.07, 6.45) is 8.12. The van der Waals surface area contributed by atoms with Crippen molar-refractivity contribution >= 4 is 45.5 Å². The highest BCUT2D eigenvalue weighted by Gasteiger charge is 2.45. The molecule has 0 radical (unpaired) electrons. The number of aromatic nitrogens is 4. The standard InChI is InChI=1S/C50H56N8/c1-29(2)41-17-13-37(25-51-41)55-45-21-33(9)34(10)22-46(45)56(38-14-18-42(30(3)4)52-26-38)49(55)50-57(39-15-19-43(31(5)6)53-27-39)47-23-35(11)36(12)24-48(47)58(50)40-16-20-44(32(7)8)54-28-40/h13-32H,1-12H3. The Morgan fingerprint density at radius 2 is 0.534 bits per heavy atom. The molecule has 0 spiro atoms. The lowest BCUT2D eigenvalue weighted by Gasteiger charge is -2.34. The zero-order valence-corrected chi connectivity index (χ0v) is 36.1. The molecule has 2 aliphatic rings. The molecule has 0 bridgehead atoms. The monoisotopic (exact) mass is 768 g/mol. The first-order valence-electron chi connectivity index (χ1n) is 20.7. The van der Waals surface area contributed by atoms with Gasteiger partial charge in [-0.1, -0.05) is 55.4 Å². The Morgan fingerprint density at radius 1 is 0.328 bits per heavy atom. The van der Waals surface area contributed by atoms with Crippen LogP contribution in [0.25, 0.3) is 0 Å². The molecule has 0 aliphatic carbocycles. The van der Waals surface area contributed by atoms with E-state index >= 15 is 0 Å². The Bertz CT molecular complexity index is 2150.